The lowest BCUT2D eigenvalue weighted by molar-refractivity contribution is -0.119. The normalized spacial score (nSPS) is 34.2. The second-order valence-electron chi connectivity index (χ2n) is 2.94. The summed E-state index contributed by atoms with van der Waals surface area (Å²) in [5.41, 5.74) is 0.750. The average Bonchev–Trinajstić information content (AvgIpc) is 1.95. The Balaban J connectivity index is 2.67. The molecule has 1 saturated carbocycles. The summed E-state index contributed by atoms with van der Waals surface area (Å²) in [7, 11) is 0. The van der Waals surface area contributed by atoms with Gasteiger partial charge >= 0.3 is 0 Å². The van der Waals surface area contributed by atoms with Crippen molar-refractivity contribution >= 4 is 0 Å². The Morgan fingerprint density at radius 2 is 2.27 bits per heavy atom. The molecule has 0 spiro atoms. The summed E-state index contributed by atoms with van der Waals surface area (Å²) in [4.78, 5) is 0. The first-order valence-corrected chi connectivity index (χ1v) is 3.76. The second kappa shape index (κ2) is 2.89. The molecule has 64 valence electrons. The van der Waals surface area contributed by atoms with Crippen LogP contribution in [0.3, 0.4) is 0 Å². The summed E-state index contributed by atoms with van der Waals surface area (Å²) in [6.07, 6.45) is 0.788. The first kappa shape index (κ1) is 8.65. The Hall–Kier alpha value is -0.440. The van der Waals surface area contributed by atoms with Crippen LogP contribution in [-0.4, -0.2) is 17.1 Å². The van der Waals surface area contributed by atoms with E-state index in [9.17, 15) is 8.78 Å². The molecule has 1 nitrogen and oxygen atoms in total. The van der Waals surface area contributed by atoms with Crippen LogP contribution >= 0.6 is 0 Å². The van der Waals surface area contributed by atoms with Gasteiger partial charge in [0.15, 0.2) is 0 Å². The molecule has 0 amide bonds. The molecule has 1 aliphatic rings. The van der Waals surface area contributed by atoms with Crippen molar-refractivity contribution in [2.75, 3.05) is 0 Å². The van der Waals surface area contributed by atoms with E-state index < -0.39 is 12.0 Å². The number of rotatable bonds is 0. The van der Waals surface area contributed by atoms with Crippen molar-refractivity contribution in [2.45, 2.75) is 38.2 Å². The van der Waals surface area contributed by atoms with Gasteiger partial charge in [-0.25, -0.2) is 8.78 Å². The largest absolute Gasteiger partial charge is 0.387 e. The predicted octanol–water partition coefficient (Wildman–Crippen LogP) is 2.11. The van der Waals surface area contributed by atoms with Gasteiger partial charge in [0.05, 0.1) is 0 Å². The monoisotopic (exact) mass is 162 g/mol. The Morgan fingerprint density at radius 1 is 1.64 bits per heavy atom. The third-order valence-corrected chi connectivity index (χ3v) is 2.10. The van der Waals surface area contributed by atoms with Gasteiger partial charge in [0, 0.05) is 6.42 Å². The lowest BCUT2D eigenvalue weighted by atomic mass is 9.89. The number of hydrogen-bond acceptors (Lipinski definition) is 1. The molecule has 0 saturated heterocycles. The zero-order chi connectivity index (χ0) is 8.48. The summed E-state index contributed by atoms with van der Waals surface area (Å²) in [5, 5.41) is 8.87. The highest BCUT2D eigenvalue weighted by Crippen LogP contribution is 2.36. The lowest BCUT2D eigenvalue weighted by Gasteiger charge is -2.28. The fourth-order valence-electron chi connectivity index (χ4n) is 1.29. The van der Waals surface area contributed by atoms with Crippen LogP contribution in [0.15, 0.2) is 11.6 Å². The summed E-state index contributed by atoms with van der Waals surface area (Å²) in [5.74, 6) is -2.90. The standard InChI is InChI=1S/C8H12F2O/c1-2-6-3-4-7(11)8(9,10)5-6/h2,7,11H,3-5H2,1H3/b6-2-. The number of alkyl halides is 2. The maximum absolute atomic E-state index is 12.7. The van der Waals surface area contributed by atoms with Gasteiger partial charge < -0.3 is 5.11 Å². The van der Waals surface area contributed by atoms with Crippen molar-refractivity contribution in [1.82, 2.24) is 0 Å². The molecular weight excluding hydrogens is 150 g/mol. The molecule has 1 N–H and O–H groups in total. The number of aliphatic hydroxyl groups excluding tert-OH is 1. The third-order valence-electron chi connectivity index (χ3n) is 2.10. The molecule has 1 rings (SSSR count). The van der Waals surface area contributed by atoms with Crippen molar-refractivity contribution in [3.05, 3.63) is 11.6 Å². The molecule has 11 heavy (non-hydrogen) atoms. The van der Waals surface area contributed by atoms with E-state index in [0.29, 0.717) is 6.42 Å². The van der Waals surface area contributed by atoms with Gasteiger partial charge in [-0.3, -0.25) is 0 Å². The van der Waals surface area contributed by atoms with E-state index in [4.69, 9.17) is 5.11 Å². The van der Waals surface area contributed by atoms with Crippen LogP contribution in [0.2, 0.25) is 0 Å². The molecule has 0 aromatic rings. The fourth-order valence-corrected chi connectivity index (χ4v) is 1.29. The summed E-state index contributed by atoms with van der Waals surface area (Å²) in [6, 6.07) is 0. The maximum Gasteiger partial charge on any atom is 0.277 e. The fraction of sp³-hybridized carbons (Fsp3) is 0.750. The molecular formula is C8H12F2O. The van der Waals surface area contributed by atoms with Crippen molar-refractivity contribution in [3.8, 4) is 0 Å². The Labute approximate surface area is 64.7 Å². The van der Waals surface area contributed by atoms with Crippen LogP contribution in [0.4, 0.5) is 8.78 Å². The first-order chi connectivity index (χ1) is 5.06. The van der Waals surface area contributed by atoms with Crippen LogP contribution in [0.25, 0.3) is 0 Å². The highest BCUT2D eigenvalue weighted by atomic mass is 19.3. The quantitative estimate of drug-likeness (QED) is 0.541. The van der Waals surface area contributed by atoms with E-state index in [-0.39, 0.29) is 12.8 Å². The van der Waals surface area contributed by atoms with Crippen molar-refractivity contribution in [1.29, 1.82) is 0 Å². The van der Waals surface area contributed by atoms with Gasteiger partial charge in [-0.2, -0.15) is 0 Å². The second-order valence-corrected chi connectivity index (χ2v) is 2.94. The molecule has 1 atom stereocenters. The van der Waals surface area contributed by atoms with Crippen LogP contribution in [0.5, 0.6) is 0 Å². The first-order valence-electron chi connectivity index (χ1n) is 3.76. The molecule has 1 unspecified atom stereocenters. The van der Waals surface area contributed by atoms with E-state index in [2.05, 4.69) is 0 Å². The SMILES string of the molecule is C/C=C1/CCC(O)C(F)(F)C1. The minimum atomic E-state index is -2.90. The zero-order valence-electron chi connectivity index (χ0n) is 6.48. The minimum absolute atomic E-state index is 0.187. The van der Waals surface area contributed by atoms with E-state index in [1.54, 1.807) is 13.0 Å². The summed E-state index contributed by atoms with van der Waals surface area (Å²) < 4.78 is 25.5. The molecule has 0 bridgehead atoms. The van der Waals surface area contributed by atoms with Gasteiger partial charge in [-0.15, -0.1) is 0 Å². The highest BCUT2D eigenvalue weighted by molar-refractivity contribution is 5.09. The van der Waals surface area contributed by atoms with Crippen LogP contribution in [0.1, 0.15) is 26.2 Å². The number of aliphatic hydroxyl groups is 1. The van der Waals surface area contributed by atoms with Gasteiger partial charge in [0.2, 0.25) is 0 Å². The molecule has 1 aliphatic carbocycles. The van der Waals surface area contributed by atoms with Gasteiger partial charge in [-0.1, -0.05) is 11.6 Å². The lowest BCUT2D eigenvalue weighted by Crippen LogP contribution is -2.37. The van der Waals surface area contributed by atoms with Crippen molar-refractivity contribution < 1.29 is 13.9 Å². The summed E-state index contributed by atoms with van der Waals surface area (Å²) in [6.45, 7) is 1.75. The molecule has 0 radical (unpaired) electrons. The maximum atomic E-state index is 12.7. The van der Waals surface area contributed by atoms with Crippen molar-refractivity contribution in [3.63, 3.8) is 0 Å². The average molecular weight is 162 g/mol. The molecule has 0 aliphatic heterocycles. The van der Waals surface area contributed by atoms with E-state index >= 15 is 0 Å². The molecule has 0 heterocycles. The topological polar surface area (TPSA) is 20.2 Å². The highest BCUT2D eigenvalue weighted by Gasteiger charge is 2.41. The third kappa shape index (κ3) is 1.77. The smallest absolute Gasteiger partial charge is 0.277 e. The number of hydrogen-bond donors (Lipinski definition) is 1. The van der Waals surface area contributed by atoms with Gasteiger partial charge in [-0.05, 0) is 19.8 Å². The number of halogens is 2. The number of allylic oxidation sites excluding steroid dienone is 2. The van der Waals surface area contributed by atoms with E-state index in [1.807, 2.05) is 0 Å². The van der Waals surface area contributed by atoms with Gasteiger partial charge in [0.25, 0.3) is 5.92 Å². The van der Waals surface area contributed by atoms with Crippen molar-refractivity contribution in [2.24, 2.45) is 0 Å². The molecule has 0 aromatic carbocycles. The van der Waals surface area contributed by atoms with E-state index in [1.165, 1.54) is 0 Å². The van der Waals surface area contributed by atoms with Crippen LogP contribution in [0, 0.1) is 0 Å². The van der Waals surface area contributed by atoms with E-state index in [0.717, 1.165) is 5.57 Å². The summed E-state index contributed by atoms with van der Waals surface area (Å²) >= 11 is 0. The Kier molecular flexibility index (Phi) is 2.28. The Bertz CT molecular complexity index is 175. The molecule has 3 heteroatoms. The Morgan fingerprint density at radius 3 is 2.73 bits per heavy atom. The van der Waals surface area contributed by atoms with Crippen LogP contribution < -0.4 is 0 Å². The van der Waals surface area contributed by atoms with Gasteiger partial charge in [0.1, 0.15) is 6.10 Å². The zero-order valence-corrected chi connectivity index (χ0v) is 6.48. The molecule has 1 fully saturated rings. The molecule has 0 aromatic heterocycles. The van der Waals surface area contributed by atoms with Crippen LogP contribution in [-0.2, 0) is 0 Å². The predicted molar refractivity (Wildman–Crippen MR) is 38.6 cm³/mol. The minimum Gasteiger partial charge on any atom is -0.387 e.